The first kappa shape index (κ1) is 14.7. The van der Waals surface area contributed by atoms with E-state index in [-0.39, 0.29) is 6.10 Å². The van der Waals surface area contributed by atoms with Crippen LogP contribution in [0.2, 0.25) is 0 Å². The Kier molecular flexibility index (Phi) is 4.09. The summed E-state index contributed by atoms with van der Waals surface area (Å²) in [5.41, 5.74) is 2.53. The second kappa shape index (κ2) is 5.85. The maximum absolute atomic E-state index is 9.92. The third kappa shape index (κ3) is 2.74. The summed E-state index contributed by atoms with van der Waals surface area (Å²) < 4.78 is 10.8. The van der Waals surface area contributed by atoms with Crippen LogP contribution < -0.4 is 9.47 Å². The molecule has 2 aliphatic heterocycles. The zero-order valence-corrected chi connectivity index (χ0v) is 13.1. The van der Waals surface area contributed by atoms with Gasteiger partial charge in [-0.25, -0.2) is 0 Å². The molecule has 2 atom stereocenters. The molecule has 0 spiro atoms. The maximum atomic E-state index is 9.92. The van der Waals surface area contributed by atoms with Crippen molar-refractivity contribution in [2.45, 2.75) is 57.3 Å². The summed E-state index contributed by atoms with van der Waals surface area (Å²) in [4.78, 5) is 2.57. The Hall–Kier alpha value is -1.26. The van der Waals surface area contributed by atoms with Crippen LogP contribution in [0.3, 0.4) is 0 Å². The van der Waals surface area contributed by atoms with Crippen molar-refractivity contribution in [3.63, 3.8) is 0 Å². The first-order valence-electron chi connectivity index (χ1n) is 7.77. The van der Waals surface area contributed by atoms with E-state index in [4.69, 9.17) is 9.47 Å². The lowest BCUT2D eigenvalue weighted by atomic mass is 9.98. The molecule has 1 N–H and O–H groups in total. The molecule has 21 heavy (non-hydrogen) atoms. The van der Waals surface area contributed by atoms with Gasteiger partial charge in [-0.3, -0.25) is 4.90 Å². The van der Waals surface area contributed by atoms with Gasteiger partial charge in [0, 0.05) is 18.6 Å². The van der Waals surface area contributed by atoms with Crippen LogP contribution in [0.15, 0.2) is 12.1 Å². The minimum absolute atomic E-state index is 0.106. The summed E-state index contributed by atoms with van der Waals surface area (Å²) in [7, 11) is 3.35. The number of benzene rings is 1. The van der Waals surface area contributed by atoms with Gasteiger partial charge < -0.3 is 14.6 Å². The number of nitrogens with zero attached hydrogens (tertiary/aromatic N) is 1. The molecule has 0 aromatic heterocycles. The molecule has 0 amide bonds. The van der Waals surface area contributed by atoms with Gasteiger partial charge in [-0.2, -0.15) is 0 Å². The van der Waals surface area contributed by atoms with E-state index in [1.165, 1.54) is 24.0 Å². The number of piperidine rings is 1. The molecule has 4 heteroatoms. The highest BCUT2D eigenvalue weighted by molar-refractivity contribution is 5.47. The highest BCUT2D eigenvalue weighted by Crippen LogP contribution is 2.38. The van der Waals surface area contributed by atoms with Gasteiger partial charge in [-0.05, 0) is 55.9 Å². The number of hydrogen-bond donors (Lipinski definition) is 1. The topological polar surface area (TPSA) is 41.9 Å². The van der Waals surface area contributed by atoms with Crippen molar-refractivity contribution < 1.29 is 14.6 Å². The van der Waals surface area contributed by atoms with E-state index in [2.05, 4.69) is 24.0 Å². The summed E-state index contributed by atoms with van der Waals surface area (Å²) >= 11 is 0. The summed E-state index contributed by atoms with van der Waals surface area (Å²) in [5.74, 6) is 1.58. The molecule has 3 rings (SSSR count). The lowest BCUT2D eigenvalue weighted by Gasteiger charge is -2.37. The molecule has 2 saturated heterocycles. The Bertz CT molecular complexity index is 503. The van der Waals surface area contributed by atoms with Gasteiger partial charge in [0.15, 0.2) is 11.5 Å². The minimum Gasteiger partial charge on any atom is -0.493 e. The Morgan fingerprint density at radius 3 is 2.24 bits per heavy atom. The molecule has 1 aromatic rings. The molecule has 116 valence electrons. The van der Waals surface area contributed by atoms with Crippen LogP contribution in [-0.2, 0) is 6.54 Å². The quantitative estimate of drug-likeness (QED) is 0.925. The number of methoxy groups -OCH3 is 2. The number of rotatable bonds is 4. The fourth-order valence-electron chi connectivity index (χ4n) is 3.89. The maximum Gasteiger partial charge on any atom is 0.161 e. The predicted octanol–water partition coefficient (Wildman–Crippen LogP) is 2.50. The largest absolute Gasteiger partial charge is 0.493 e. The van der Waals surface area contributed by atoms with Crippen LogP contribution in [0.1, 0.15) is 36.8 Å². The Balaban J connectivity index is 1.82. The molecular formula is C17H25NO3. The lowest BCUT2D eigenvalue weighted by molar-refractivity contribution is 0.0309. The molecule has 2 bridgehead atoms. The lowest BCUT2D eigenvalue weighted by Crippen LogP contribution is -2.44. The van der Waals surface area contributed by atoms with Crippen molar-refractivity contribution in [3.05, 3.63) is 23.3 Å². The molecular weight excluding hydrogens is 266 g/mol. The van der Waals surface area contributed by atoms with E-state index in [9.17, 15) is 5.11 Å². The molecule has 2 fully saturated rings. The van der Waals surface area contributed by atoms with E-state index < -0.39 is 0 Å². The first-order chi connectivity index (χ1) is 10.1. The molecule has 0 saturated carbocycles. The summed E-state index contributed by atoms with van der Waals surface area (Å²) in [6.45, 7) is 3.06. The second-order valence-corrected chi connectivity index (χ2v) is 6.32. The minimum atomic E-state index is -0.106. The number of aliphatic hydroxyl groups is 1. The molecule has 0 radical (unpaired) electrons. The molecule has 0 aliphatic carbocycles. The van der Waals surface area contributed by atoms with E-state index in [0.29, 0.717) is 12.1 Å². The summed E-state index contributed by atoms with van der Waals surface area (Å²) in [6.07, 6.45) is 4.17. The number of aryl methyl sites for hydroxylation is 1. The van der Waals surface area contributed by atoms with Crippen molar-refractivity contribution in [2.75, 3.05) is 14.2 Å². The molecule has 1 aromatic carbocycles. The van der Waals surface area contributed by atoms with Crippen LogP contribution in [-0.4, -0.2) is 42.4 Å². The highest BCUT2D eigenvalue weighted by atomic mass is 16.5. The third-order valence-corrected chi connectivity index (χ3v) is 5.05. The number of ether oxygens (including phenoxy) is 2. The Morgan fingerprint density at radius 1 is 1.10 bits per heavy atom. The average Bonchev–Trinajstić information content (AvgIpc) is 2.70. The van der Waals surface area contributed by atoms with E-state index >= 15 is 0 Å². The number of fused-ring (bicyclic) bond motifs is 2. The van der Waals surface area contributed by atoms with E-state index in [1.54, 1.807) is 14.2 Å². The first-order valence-corrected chi connectivity index (χ1v) is 7.77. The average molecular weight is 291 g/mol. The van der Waals surface area contributed by atoms with Crippen LogP contribution in [0.5, 0.6) is 11.5 Å². The second-order valence-electron chi connectivity index (χ2n) is 6.32. The van der Waals surface area contributed by atoms with Crippen molar-refractivity contribution >= 4 is 0 Å². The Morgan fingerprint density at radius 2 is 1.67 bits per heavy atom. The fourth-order valence-corrected chi connectivity index (χ4v) is 3.89. The van der Waals surface area contributed by atoms with Gasteiger partial charge >= 0.3 is 0 Å². The van der Waals surface area contributed by atoms with Gasteiger partial charge in [0.05, 0.1) is 20.3 Å². The van der Waals surface area contributed by atoms with Gasteiger partial charge in [0.1, 0.15) is 0 Å². The standard InChI is InChI=1S/C17H25NO3/c1-11-6-16(20-2)17(21-3)7-12(11)10-18-13-4-5-14(18)9-15(19)8-13/h6-7,13-15,19H,4-5,8-10H2,1-3H3. The molecule has 2 unspecified atom stereocenters. The monoisotopic (exact) mass is 291 g/mol. The van der Waals surface area contributed by atoms with Crippen molar-refractivity contribution in [1.29, 1.82) is 0 Å². The molecule has 4 nitrogen and oxygen atoms in total. The zero-order chi connectivity index (χ0) is 15.0. The van der Waals surface area contributed by atoms with Crippen molar-refractivity contribution in [2.24, 2.45) is 0 Å². The highest BCUT2D eigenvalue weighted by Gasteiger charge is 2.40. The van der Waals surface area contributed by atoms with Crippen molar-refractivity contribution in [3.8, 4) is 11.5 Å². The van der Waals surface area contributed by atoms with Crippen LogP contribution in [0.25, 0.3) is 0 Å². The molecule has 2 aliphatic rings. The fraction of sp³-hybridized carbons (Fsp3) is 0.647. The van der Waals surface area contributed by atoms with E-state index in [1.807, 2.05) is 0 Å². The smallest absolute Gasteiger partial charge is 0.161 e. The number of hydrogen-bond acceptors (Lipinski definition) is 4. The van der Waals surface area contributed by atoms with Crippen LogP contribution >= 0.6 is 0 Å². The number of aliphatic hydroxyl groups excluding tert-OH is 1. The third-order valence-electron chi connectivity index (χ3n) is 5.05. The van der Waals surface area contributed by atoms with Gasteiger partial charge in [0.25, 0.3) is 0 Å². The normalized spacial score (nSPS) is 28.7. The van der Waals surface area contributed by atoms with E-state index in [0.717, 1.165) is 30.9 Å². The zero-order valence-electron chi connectivity index (χ0n) is 13.1. The van der Waals surface area contributed by atoms with Gasteiger partial charge in [-0.1, -0.05) is 0 Å². The van der Waals surface area contributed by atoms with Crippen LogP contribution in [0.4, 0.5) is 0 Å². The van der Waals surface area contributed by atoms with Gasteiger partial charge in [0.2, 0.25) is 0 Å². The van der Waals surface area contributed by atoms with Crippen molar-refractivity contribution in [1.82, 2.24) is 4.90 Å². The Labute approximate surface area is 126 Å². The van der Waals surface area contributed by atoms with Gasteiger partial charge in [-0.15, -0.1) is 0 Å². The predicted molar refractivity (Wildman–Crippen MR) is 81.9 cm³/mol. The molecule has 2 heterocycles. The van der Waals surface area contributed by atoms with Crippen LogP contribution in [0, 0.1) is 6.92 Å². The summed E-state index contributed by atoms with van der Waals surface area (Å²) in [6, 6.07) is 5.21. The SMILES string of the molecule is COc1cc(C)c(CN2C3CCC2CC(O)C3)cc1OC. The summed E-state index contributed by atoms with van der Waals surface area (Å²) in [5, 5.41) is 9.92.